The van der Waals surface area contributed by atoms with Crippen molar-refractivity contribution in [1.29, 1.82) is 0 Å². The highest BCUT2D eigenvalue weighted by Gasteiger charge is 2.08. The monoisotopic (exact) mass is 327 g/mol. The molecule has 0 aliphatic carbocycles. The van der Waals surface area contributed by atoms with Gasteiger partial charge in [0.05, 0.1) is 0 Å². The van der Waals surface area contributed by atoms with Gasteiger partial charge in [0.25, 0.3) is 5.91 Å². The lowest BCUT2D eigenvalue weighted by Crippen LogP contribution is -2.21. The second-order valence-electron chi connectivity index (χ2n) is 5.27. The molecule has 0 unspecified atom stereocenters. The molecule has 2 aromatic rings. The van der Waals surface area contributed by atoms with Gasteiger partial charge >= 0.3 is 0 Å². The molecule has 0 radical (unpaired) electrons. The molecule has 0 aromatic heterocycles. The molecule has 4 N–H and O–H groups in total. The van der Waals surface area contributed by atoms with Crippen molar-refractivity contribution < 1.29 is 14.3 Å². The number of benzene rings is 2. The minimum absolute atomic E-state index is 0.0710. The van der Waals surface area contributed by atoms with Gasteiger partial charge < -0.3 is 21.1 Å². The summed E-state index contributed by atoms with van der Waals surface area (Å²) in [5, 5.41) is 5.54. The summed E-state index contributed by atoms with van der Waals surface area (Å²) in [5.74, 6) is 0.258. The number of ether oxygens (including phenoxy) is 1. The summed E-state index contributed by atoms with van der Waals surface area (Å²) in [6.07, 6.45) is 0.272. The largest absolute Gasteiger partial charge is 0.484 e. The number of para-hydroxylation sites is 1. The minimum Gasteiger partial charge on any atom is -0.484 e. The number of carbonyl (C=O) groups excluding carboxylic acids is 2. The molecule has 0 bridgehead atoms. The van der Waals surface area contributed by atoms with Crippen LogP contribution < -0.4 is 21.1 Å². The minimum atomic E-state index is -0.248. The summed E-state index contributed by atoms with van der Waals surface area (Å²) < 4.78 is 5.40. The lowest BCUT2D eigenvalue weighted by Gasteiger charge is -2.11. The molecule has 0 atom stereocenters. The Balaban J connectivity index is 1.90. The first-order valence-corrected chi connectivity index (χ1v) is 7.67. The fourth-order valence-electron chi connectivity index (χ4n) is 2.09. The van der Waals surface area contributed by atoms with Crippen LogP contribution in [0.25, 0.3) is 0 Å². The molecule has 6 nitrogen and oxygen atoms in total. The molecular weight excluding hydrogens is 306 g/mol. The second kappa shape index (κ2) is 8.69. The number of rotatable bonds is 7. The first-order valence-electron chi connectivity index (χ1n) is 7.67. The first kappa shape index (κ1) is 17.5. The van der Waals surface area contributed by atoms with E-state index in [-0.39, 0.29) is 24.8 Å². The summed E-state index contributed by atoms with van der Waals surface area (Å²) in [4.78, 5) is 23.5. The van der Waals surface area contributed by atoms with Crippen LogP contribution in [0.4, 0.5) is 11.4 Å². The van der Waals surface area contributed by atoms with Crippen molar-refractivity contribution in [3.05, 3.63) is 54.1 Å². The maximum Gasteiger partial charge on any atom is 0.262 e. The first-order chi connectivity index (χ1) is 11.6. The van der Waals surface area contributed by atoms with Gasteiger partial charge in [0.1, 0.15) is 5.75 Å². The van der Waals surface area contributed by atoms with E-state index in [1.165, 1.54) is 0 Å². The van der Waals surface area contributed by atoms with Gasteiger partial charge in [-0.1, -0.05) is 18.2 Å². The van der Waals surface area contributed by atoms with E-state index in [2.05, 4.69) is 10.6 Å². The lowest BCUT2D eigenvalue weighted by atomic mass is 10.1. The number of nitrogens with two attached hydrogens (primary N) is 1. The van der Waals surface area contributed by atoms with Gasteiger partial charge in [0, 0.05) is 24.3 Å². The van der Waals surface area contributed by atoms with Gasteiger partial charge in [0.2, 0.25) is 5.91 Å². The van der Waals surface area contributed by atoms with E-state index in [9.17, 15) is 9.59 Å². The number of amides is 2. The third kappa shape index (κ3) is 5.40. The maximum absolute atomic E-state index is 12.0. The van der Waals surface area contributed by atoms with Gasteiger partial charge in [-0.3, -0.25) is 9.59 Å². The van der Waals surface area contributed by atoms with Crippen LogP contribution in [0.3, 0.4) is 0 Å². The fourth-order valence-corrected chi connectivity index (χ4v) is 2.09. The van der Waals surface area contributed by atoms with Crippen molar-refractivity contribution in [3.63, 3.8) is 0 Å². The molecule has 2 amide bonds. The van der Waals surface area contributed by atoms with Gasteiger partial charge in [0.15, 0.2) is 6.61 Å². The average Bonchev–Trinajstić information content (AvgIpc) is 2.57. The molecule has 126 valence electrons. The standard InChI is InChI=1S/C18H21N3O3/c1-13-11-14(20-17(22)9-10-19)7-8-16(13)21-18(23)12-24-15-5-3-2-4-6-15/h2-8,11H,9-10,12,19H2,1H3,(H,20,22)(H,21,23). The number of aryl methyl sites for hydroxylation is 1. The highest BCUT2D eigenvalue weighted by Crippen LogP contribution is 2.20. The van der Waals surface area contributed by atoms with Crippen molar-refractivity contribution >= 4 is 23.2 Å². The Hall–Kier alpha value is -2.86. The van der Waals surface area contributed by atoms with E-state index >= 15 is 0 Å². The number of hydrogen-bond acceptors (Lipinski definition) is 4. The van der Waals surface area contributed by atoms with Crippen molar-refractivity contribution in [3.8, 4) is 5.75 Å². The van der Waals surface area contributed by atoms with E-state index in [0.717, 1.165) is 5.56 Å². The molecule has 0 fully saturated rings. The maximum atomic E-state index is 12.0. The molecule has 0 aliphatic heterocycles. The third-order valence-electron chi connectivity index (χ3n) is 3.27. The highest BCUT2D eigenvalue weighted by atomic mass is 16.5. The Morgan fingerprint density at radius 3 is 2.46 bits per heavy atom. The summed E-state index contributed by atoms with van der Waals surface area (Å²) >= 11 is 0. The van der Waals surface area contributed by atoms with E-state index in [4.69, 9.17) is 10.5 Å². The average molecular weight is 327 g/mol. The van der Waals surface area contributed by atoms with E-state index in [1.807, 2.05) is 25.1 Å². The zero-order valence-corrected chi connectivity index (χ0v) is 13.5. The molecule has 24 heavy (non-hydrogen) atoms. The zero-order valence-electron chi connectivity index (χ0n) is 13.5. The van der Waals surface area contributed by atoms with E-state index in [1.54, 1.807) is 30.3 Å². The number of carbonyl (C=O) groups is 2. The van der Waals surface area contributed by atoms with Crippen LogP contribution in [0.15, 0.2) is 48.5 Å². The number of anilines is 2. The Labute approximate surface area is 141 Å². The topological polar surface area (TPSA) is 93.5 Å². The van der Waals surface area contributed by atoms with E-state index < -0.39 is 0 Å². The molecule has 6 heteroatoms. The number of nitrogens with one attached hydrogen (secondary N) is 2. The molecule has 0 saturated heterocycles. The predicted octanol–water partition coefficient (Wildman–Crippen LogP) is 2.30. The van der Waals surface area contributed by atoms with Crippen LogP contribution >= 0.6 is 0 Å². The van der Waals surface area contributed by atoms with E-state index in [0.29, 0.717) is 23.7 Å². The molecule has 0 aliphatic rings. The van der Waals surface area contributed by atoms with Crippen LogP contribution in [0.1, 0.15) is 12.0 Å². The normalized spacial score (nSPS) is 10.1. The SMILES string of the molecule is Cc1cc(NC(=O)CCN)ccc1NC(=O)COc1ccccc1. The summed E-state index contributed by atoms with van der Waals surface area (Å²) in [7, 11) is 0. The molecule has 0 saturated carbocycles. The molecule has 0 heterocycles. The van der Waals surface area contributed by atoms with Crippen LogP contribution in [-0.4, -0.2) is 25.0 Å². The highest BCUT2D eigenvalue weighted by molar-refractivity contribution is 5.94. The van der Waals surface area contributed by atoms with Crippen LogP contribution in [0.2, 0.25) is 0 Å². The summed E-state index contributed by atoms with van der Waals surface area (Å²) in [5.41, 5.74) is 7.53. The zero-order chi connectivity index (χ0) is 17.4. The quantitative estimate of drug-likeness (QED) is 0.727. The van der Waals surface area contributed by atoms with Crippen LogP contribution in [0, 0.1) is 6.92 Å². The Kier molecular flexibility index (Phi) is 6.33. The number of hydrogen-bond donors (Lipinski definition) is 3. The van der Waals surface area contributed by atoms with Gasteiger partial charge in [-0.2, -0.15) is 0 Å². The molecular formula is C18H21N3O3. The smallest absolute Gasteiger partial charge is 0.262 e. The second-order valence-corrected chi connectivity index (χ2v) is 5.27. The van der Waals surface area contributed by atoms with Crippen LogP contribution in [0.5, 0.6) is 5.75 Å². The molecule has 2 aromatic carbocycles. The Morgan fingerprint density at radius 2 is 1.79 bits per heavy atom. The van der Waals surface area contributed by atoms with Crippen molar-refractivity contribution in [2.24, 2.45) is 5.73 Å². The van der Waals surface area contributed by atoms with Crippen molar-refractivity contribution in [2.45, 2.75) is 13.3 Å². The van der Waals surface area contributed by atoms with Gasteiger partial charge in [-0.05, 0) is 42.8 Å². The molecule has 2 rings (SSSR count). The Bertz CT molecular complexity index is 702. The molecule has 0 spiro atoms. The lowest BCUT2D eigenvalue weighted by molar-refractivity contribution is -0.118. The summed E-state index contributed by atoms with van der Waals surface area (Å²) in [6.45, 7) is 2.09. The van der Waals surface area contributed by atoms with Gasteiger partial charge in [-0.25, -0.2) is 0 Å². The third-order valence-corrected chi connectivity index (χ3v) is 3.27. The Morgan fingerprint density at radius 1 is 1.04 bits per heavy atom. The fraction of sp³-hybridized carbons (Fsp3) is 0.222. The predicted molar refractivity (Wildman–Crippen MR) is 94.0 cm³/mol. The van der Waals surface area contributed by atoms with Crippen molar-refractivity contribution in [2.75, 3.05) is 23.8 Å². The van der Waals surface area contributed by atoms with Gasteiger partial charge in [-0.15, -0.1) is 0 Å². The summed E-state index contributed by atoms with van der Waals surface area (Å²) in [6, 6.07) is 14.4. The van der Waals surface area contributed by atoms with Crippen LogP contribution in [-0.2, 0) is 9.59 Å². The van der Waals surface area contributed by atoms with Crippen molar-refractivity contribution in [1.82, 2.24) is 0 Å².